The van der Waals surface area contributed by atoms with Crippen LogP contribution in [0.15, 0.2) is 78.9 Å². The Balaban J connectivity index is 1.86. The van der Waals surface area contributed by atoms with Gasteiger partial charge in [-0.05, 0) is 28.8 Å². The Morgan fingerprint density at radius 1 is 0.906 bits per heavy atom. The van der Waals surface area contributed by atoms with E-state index >= 15 is 0 Å². The molecular weight excluding hydrogens is 443 g/mol. The Bertz CT molecular complexity index is 1040. The second-order valence-corrected chi connectivity index (χ2v) is 8.36. The van der Waals surface area contributed by atoms with Crippen molar-refractivity contribution in [1.82, 2.24) is 10.2 Å². The molecule has 1 N–H and O–H groups in total. The molecule has 166 valence electrons. The van der Waals surface area contributed by atoms with Crippen LogP contribution >= 0.6 is 23.2 Å². The number of nitrogens with one attached hydrogen (secondary N) is 1. The second kappa shape index (κ2) is 11.7. The van der Waals surface area contributed by atoms with Crippen LogP contribution in [0.1, 0.15) is 30.0 Å². The summed E-state index contributed by atoms with van der Waals surface area (Å²) in [5, 5.41) is 3.99. The molecule has 0 saturated heterocycles. The summed E-state index contributed by atoms with van der Waals surface area (Å²) in [7, 11) is 0. The first-order valence-corrected chi connectivity index (χ1v) is 11.3. The van der Waals surface area contributed by atoms with Gasteiger partial charge in [0.2, 0.25) is 11.8 Å². The lowest BCUT2D eigenvalue weighted by atomic mass is 10.0. The molecule has 0 fully saturated rings. The molecule has 0 bridgehead atoms. The van der Waals surface area contributed by atoms with Gasteiger partial charge in [0.15, 0.2) is 0 Å². The van der Waals surface area contributed by atoms with Crippen molar-refractivity contribution in [2.75, 3.05) is 0 Å². The van der Waals surface area contributed by atoms with Gasteiger partial charge in [-0.25, -0.2) is 0 Å². The van der Waals surface area contributed by atoms with Crippen molar-refractivity contribution in [3.63, 3.8) is 0 Å². The van der Waals surface area contributed by atoms with E-state index in [1.807, 2.05) is 67.6 Å². The number of nitrogens with zero attached hydrogens (tertiary/aromatic N) is 1. The van der Waals surface area contributed by atoms with Crippen molar-refractivity contribution in [2.45, 2.75) is 38.9 Å². The molecule has 3 aromatic rings. The maximum absolute atomic E-state index is 13.4. The van der Waals surface area contributed by atoms with Crippen molar-refractivity contribution in [3.8, 4) is 0 Å². The molecule has 0 aliphatic heterocycles. The van der Waals surface area contributed by atoms with E-state index in [0.717, 1.165) is 16.7 Å². The van der Waals surface area contributed by atoms with Crippen LogP contribution in [0.25, 0.3) is 0 Å². The van der Waals surface area contributed by atoms with Crippen molar-refractivity contribution in [1.29, 1.82) is 0 Å². The molecule has 0 heterocycles. The van der Waals surface area contributed by atoms with Crippen LogP contribution in [0.2, 0.25) is 10.0 Å². The van der Waals surface area contributed by atoms with E-state index in [4.69, 9.17) is 23.2 Å². The maximum Gasteiger partial charge on any atom is 0.243 e. The first kappa shape index (κ1) is 23.8. The van der Waals surface area contributed by atoms with Crippen molar-refractivity contribution >= 4 is 35.0 Å². The van der Waals surface area contributed by atoms with Crippen molar-refractivity contribution in [2.24, 2.45) is 0 Å². The van der Waals surface area contributed by atoms with E-state index in [0.29, 0.717) is 29.4 Å². The number of carbonyl (C=O) groups excluding carboxylic acids is 2. The smallest absolute Gasteiger partial charge is 0.243 e. The van der Waals surface area contributed by atoms with Gasteiger partial charge in [0.25, 0.3) is 0 Å². The normalized spacial score (nSPS) is 11.6. The molecule has 6 heteroatoms. The first-order valence-electron chi connectivity index (χ1n) is 10.6. The summed E-state index contributed by atoms with van der Waals surface area (Å²) in [6.45, 7) is 2.42. The number of hydrogen-bond donors (Lipinski definition) is 1. The predicted octanol–water partition coefficient (Wildman–Crippen LogP) is 5.66. The second-order valence-electron chi connectivity index (χ2n) is 7.52. The highest BCUT2D eigenvalue weighted by Crippen LogP contribution is 2.21. The molecule has 3 aromatic carbocycles. The van der Waals surface area contributed by atoms with Gasteiger partial charge in [-0.3, -0.25) is 9.59 Å². The number of halogens is 2. The first-order chi connectivity index (χ1) is 15.5. The van der Waals surface area contributed by atoms with Gasteiger partial charge in [0.1, 0.15) is 6.04 Å². The quantitative estimate of drug-likeness (QED) is 0.440. The average Bonchev–Trinajstić information content (AvgIpc) is 2.81. The zero-order valence-electron chi connectivity index (χ0n) is 17.9. The van der Waals surface area contributed by atoms with E-state index in [1.54, 1.807) is 23.1 Å². The summed E-state index contributed by atoms with van der Waals surface area (Å²) >= 11 is 12.2. The summed E-state index contributed by atoms with van der Waals surface area (Å²) in [4.78, 5) is 28.0. The summed E-state index contributed by atoms with van der Waals surface area (Å²) in [6, 6.07) is 23.9. The third-order valence-corrected chi connectivity index (χ3v) is 5.82. The standard InChI is InChI=1S/C26H26Cl2N2O2/c1-2-25(31)30(18-20-11-7-4-8-12-20)24(15-19-9-5-3-6-10-19)26(32)29-17-21-13-14-22(27)16-23(21)28/h3-14,16,24H,2,15,17-18H2,1H3,(H,29,32)/t24-/m1/s1. The van der Waals surface area contributed by atoms with Gasteiger partial charge in [0.05, 0.1) is 0 Å². The molecule has 3 rings (SSSR count). The highest BCUT2D eigenvalue weighted by Gasteiger charge is 2.29. The lowest BCUT2D eigenvalue weighted by Gasteiger charge is -2.31. The lowest BCUT2D eigenvalue weighted by Crippen LogP contribution is -2.50. The molecule has 0 aliphatic carbocycles. The molecule has 0 aromatic heterocycles. The van der Waals surface area contributed by atoms with E-state index in [-0.39, 0.29) is 18.4 Å². The van der Waals surface area contributed by atoms with Gasteiger partial charge in [-0.2, -0.15) is 0 Å². The fourth-order valence-electron chi connectivity index (χ4n) is 3.50. The third-order valence-electron chi connectivity index (χ3n) is 5.24. The molecular formula is C26H26Cl2N2O2. The van der Waals surface area contributed by atoms with Crippen LogP contribution in [0, 0.1) is 0 Å². The van der Waals surface area contributed by atoms with E-state index < -0.39 is 6.04 Å². The summed E-state index contributed by atoms with van der Waals surface area (Å²) < 4.78 is 0. The van der Waals surface area contributed by atoms with Crippen molar-refractivity contribution in [3.05, 3.63) is 106 Å². The highest BCUT2D eigenvalue weighted by molar-refractivity contribution is 6.35. The van der Waals surface area contributed by atoms with E-state index in [2.05, 4.69) is 5.32 Å². The largest absolute Gasteiger partial charge is 0.350 e. The zero-order chi connectivity index (χ0) is 22.9. The minimum absolute atomic E-state index is 0.0746. The number of benzene rings is 3. The molecule has 4 nitrogen and oxygen atoms in total. The number of rotatable bonds is 9. The van der Waals surface area contributed by atoms with Gasteiger partial charge < -0.3 is 10.2 Å². The lowest BCUT2D eigenvalue weighted by molar-refractivity contribution is -0.141. The Morgan fingerprint density at radius 3 is 2.12 bits per heavy atom. The van der Waals surface area contributed by atoms with Gasteiger partial charge in [-0.15, -0.1) is 0 Å². The molecule has 0 unspecified atom stereocenters. The molecule has 2 amide bonds. The number of hydrogen-bond acceptors (Lipinski definition) is 2. The third kappa shape index (κ3) is 6.59. The van der Waals surface area contributed by atoms with Crippen LogP contribution in [0.5, 0.6) is 0 Å². The number of carbonyl (C=O) groups is 2. The van der Waals surface area contributed by atoms with Gasteiger partial charge in [0, 0.05) is 36.0 Å². The minimum atomic E-state index is -0.656. The van der Waals surface area contributed by atoms with E-state index in [1.165, 1.54) is 0 Å². The molecule has 1 atom stereocenters. The summed E-state index contributed by atoms with van der Waals surface area (Å²) in [6.07, 6.45) is 0.730. The predicted molar refractivity (Wildman–Crippen MR) is 130 cm³/mol. The SMILES string of the molecule is CCC(=O)N(Cc1ccccc1)[C@H](Cc1ccccc1)C(=O)NCc1ccc(Cl)cc1Cl. The van der Waals surface area contributed by atoms with Crippen molar-refractivity contribution < 1.29 is 9.59 Å². The Kier molecular flexibility index (Phi) is 8.72. The van der Waals surface area contributed by atoms with Crippen LogP contribution in [0.4, 0.5) is 0 Å². The van der Waals surface area contributed by atoms with Crippen LogP contribution in [-0.4, -0.2) is 22.8 Å². The summed E-state index contributed by atoms with van der Waals surface area (Å²) in [5.74, 6) is -0.299. The minimum Gasteiger partial charge on any atom is -0.350 e. The maximum atomic E-state index is 13.4. The Labute approximate surface area is 199 Å². The topological polar surface area (TPSA) is 49.4 Å². The Hall–Kier alpha value is -2.82. The zero-order valence-corrected chi connectivity index (χ0v) is 19.4. The molecule has 32 heavy (non-hydrogen) atoms. The molecule has 0 aliphatic rings. The van der Waals surface area contributed by atoms with Gasteiger partial charge in [-0.1, -0.05) is 96.9 Å². The van der Waals surface area contributed by atoms with Crippen LogP contribution < -0.4 is 5.32 Å². The Morgan fingerprint density at radius 2 is 1.53 bits per heavy atom. The molecule has 0 spiro atoms. The monoisotopic (exact) mass is 468 g/mol. The summed E-state index contributed by atoms with van der Waals surface area (Å²) in [5.41, 5.74) is 2.72. The van der Waals surface area contributed by atoms with Crippen LogP contribution in [0.3, 0.4) is 0 Å². The molecule has 0 saturated carbocycles. The molecule has 0 radical (unpaired) electrons. The van der Waals surface area contributed by atoms with Gasteiger partial charge >= 0.3 is 0 Å². The number of amides is 2. The fraction of sp³-hybridized carbons (Fsp3) is 0.231. The van der Waals surface area contributed by atoms with E-state index in [9.17, 15) is 9.59 Å². The van der Waals surface area contributed by atoms with Crippen LogP contribution in [-0.2, 0) is 29.1 Å². The fourth-order valence-corrected chi connectivity index (χ4v) is 3.98. The average molecular weight is 469 g/mol. The highest BCUT2D eigenvalue weighted by atomic mass is 35.5.